The first-order valence-electron chi connectivity index (χ1n) is 5.84. The van der Waals surface area contributed by atoms with Crippen LogP contribution in [0.5, 0.6) is 0 Å². The van der Waals surface area contributed by atoms with Crippen molar-refractivity contribution in [3.63, 3.8) is 0 Å². The molecule has 0 bridgehead atoms. The van der Waals surface area contributed by atoms with E-state index < -0.39 is 0 Å². The number of halogens is 1. The van der Waals surface area contributed by atoms with Gasteiger partial charge in [-0.05, 0) is 43.7 Å². The van der Waals surface area contributed by atoms with Crippen LogP contribution in [0.1, 0.15) is 31.9 Å². The Labute approximate surface area is 103 Å². The summed E-state index contributed by atoms with van der Waals surface area (Å²) in [6.07, 6.45) is 0. The first kappa shape index (κ1) is 13.7. The zero-order valence-electron chi connectivity index (χ0n) is 10.9. The highest BCUT2D eigenvalue weighted by Gasteiger charge is 2.15. The predicted molar refractivity (Wildman–Crippen MR) is 66.9 cm³/mol. The van der Waals surface area contributed by atoms with E-state index in [1.54, 1.807) is 6.07 Å². The van der Waals surface area contributed by atoms with Crippen LogP contribution in [0.3, 0.4) is 0 Å². The number of benzene rings is 1. The van der Waals surface area contributed by atoms with E-state index in [2.05, 4.69) is 31.7 Å². The van der Waals surface area contributed by atoms with Crippen LogP contribution in [0.2, 0.25) is 0 Å². The van der Waals surface area contributed by atoms with Crippen LogP contribution in [-0.4, -0.2) is 18.0 Å². The fraction of sp³-hybridized carbons (Fsp3) is 0.500. The molecule has 0 aliphatic carbocycles. The van der Waals surface area contributed by atoms with Crippen molar-refractivity contribution in [2.75, 3.05) is 7.05 Å². The van der Waals surface area contributed by atoms with Crippen LogP contribution in [0, 0.1) is 23.1 Å². The van der Waals surface area contributed by atoms with Gasteiger partial charge in [-0.1, -0.05) is 13.8 Å². The quantitative estimate of drug-likeness (QED) is 0.800. The standard InChI is InChI=1S/C14H19FN2/c1-10(2)11(3)17(4)9-13-7-14(15)6-5-12(13)8-16/h5-7,10-11H,9H2,1-4H3. The Hall–Kier alpha value is -1.40. The average molecular weight is 234 g/mol. The molecule has 0 radical (unpaired) electrons. The lowest BCUT2D eigenvalue weighted by Crippen LogP contribution is -2.32. The minimum Gasteiger partial charge on any atom is -0.299 e. The SMILES string of the molecule is CC(C)C(C)N(C)Cc1cc(F)ccc1C#N. The van der Waals surface area contributed by atoms with Gasteiger partial charge >= 0.3 is 0 Å². The molecular formula is C14H19FN2. The molecular weight excluding hydrogens is 215 g/mol. The van der Waals surface area contributed by atoms with Gasteiger partial charge in [0.1, 0.15) is 5.82 Å². The summed E-state index contributed by atoms with van der Waals surface area (Å²) in [7, 11) is 2.00. The molecule has 0 saturated carbocycles. The summed E-state index contributed by atoms with van der Waals surface area (Å²) in [4.78, 5) is 2.14. The van der Waals surface area contributed by atoms with Gasteiger partial charge in [0.15, 0.2) is 0 Å². The number of nitriles is 1. The molecule has 1 unspecified atom stereocenters. The van der Waals surface area contributed by atoms with Crippen LogP contribution < -0.4 is 0 Å². The minimum atomic E-state index is -0.287. The Kier molecular flexibility index (Phi) is 4.65. The van der Waals surface area contributed by atoms with Gasteiger partial charge in [-0.3, -0.25) is 4.90 Å². The van der Waals surface area contributed by atoms with E-state index in [9.17, 15) is 4.39 Å². The topological polar surface area (TPSA) is 27.0 Å². The molecule has 1 atom stereocenters. The van der Waals surface area contributed by atoms with Gasteiger partial charge in [0.05, 0.1) is 11.6 Å². The van der Waals surface area contributed by atoms with Crippen LogP contribution in [0.4, 0.5) is 4.39 Å². The molecule has 1 rings (SSSR count). The van der Waals surface area contributed by atoms with E-state index in [0.717, 1.165) is 5.56 Å². The second-order valence-electron chi connectivity index (χ2n) is 4.81. The highest BCUT2D eigenvalue weighted by Crippen LogP contribution is 2.16. The van der Waals surface area contributed by atoms with Crippen molar-refractivity contribution in [1.82, 2.24) is 4.90 Å². The number of hydrogen-bond acceptors (Lipinski definition) is 2. The predicted octanol–water partition coefficient (Wildman–Crippen LogP) is 3.17. The van der Waals surface area contributed by atoms with E-state index in [1.807, 2.05) is 7.05 Å². The maximum atomic E-state index is 13.2. The molecule has 0 heterocycles. The molecule has 0 saturated heterocycles. The van der Waals surface area contributed by atoms with Crippen LogP contribution in [0.25, 0.3) is 0 Å². The second-order valence-corrected chi connectivity index (χ2v) is 4.81. The number of hydrogen-bond donors (Lipinski definition) is 0. The average Bonchev–Trinajstić information content (AvgIpc) is 2.28. The minimum absolute atomic E-state index is 0.287. The second kappa shape index (κ2) is 5.79. The van der Waals surface area contributed by atoms with Gasteiger partial charge in [0, 0.05) is 12.6 Å². The summed E-state index contributed by atoms with van der Waals surface area (Å²) in [5.41, 5.74) is 1.30. The molecule has 0 aromatic heterocycles. The zero-order valence-corrected chi connectivity index (χ0v) is 10.9. The summed E-state index contributed by atoms with van der Waals surface area (Å²) < 4.78 is 13.2. The fourth-order valence-corrected chi connectivity index (χ4v) is 1.72. The molecule has 92 valence electrons. The molecule has 3 heteroatoms. The number of rotatable bonds is 4. The first-order chi connectivity index (χ1) is 7.95. The Morgan fingerprint density at radius 2 is 2.00 bits per heavy atom. The highest BCUT2D eigenvalue weighted by atomic mass is 19.1. The lowest BCUT2D eigenvalue weighted by molar-refractivity contribution is 0.200. The van der Waals surface area contributed by atoms with Crippen molar-refractivity contribution in [1.29, 1.82) is 5.26 Å². The third-order valence-corrected chi connectivity index (χ3v) is 3.27. The Balaban J connectivity index is 2.88. The lowest BCUT2D eigenvalue weighted by atomic mass is 10.0. The Bertz CT molecular complexity index is 421. The van der Waals surface area contributed by atoms with E-state index in [4.69, 9.17) is 5.26 Å². The van der Waals surface area contributed by atoms with Gasteiger partial charge in [0.2, 0.25) is 0 Å². The summed E-state index contributed by atoms with van der Waals surface area (Å²) in [5.74, 6) is 0.240. The molecule has 0 amide bonds. The largest absolute Gasteiger partial charge is 0.299 e. The lowest BCUT2D eigenvalue weighted by Gasteiger charge is -2.28. The molecule has 17 heavy (non-hydrogen) atoms. The summed E-state index contributed by atoms with van der Waals surface area (Å²) in [5, 5.41) is 8.98. The summed E-state index contributed by atoms with van der Waals surface area (Å²) >= 11 is 0. The van der Waals surface area contributed by atoms with Gasteiger partial charge in [0.25, 0.3) is 0 Å². The molecule has 1 aromatic rings. The monoisotopic (exact) mass is 234 g/mol. The maximum Gasteiger partial charge on any atom is 0.123 e. The fourth-order valence-electron chi connectivity index (χ4n) is 1.72. The van der Waals surface area contributed by atoms with Crippen LogP contribution in [0.15, 0.2) is 18.2 Å². The Morgan fingerprint density at radius 3 is 2.53 bits per heavy atom. The molecule has 0 aliphatic heterocycles. The van der Waals surface area contributed by atoms with Crippen molar-refractivity contribution in [3.05, 3.63) is 35.1 Å². The summed E-state index contributed by atoms with van der Waals surface area (Å²) in [6, 6.07) is 6.81. The molecule has 0 aliphatic rings. The van der Waals surface area contributed by atoms with E-state index in [0.29, 0.717) is 24.1 Å². The van der Waals surface area contributed by atoms with Crippen molar-refractivity contribution < 1.29 is 4.39 Å². The van der Waals surface area contributed by atoms with Gasteiger partial charge in [-0.15, -0.1) is 0 Å². The van der Waals surface area contributed by atoms with Crippen LogP contribution >= 0.6 is 0 Å². The van der Waals surface area contributed by atoms with Gasteiger partial charge < -0.3 is 0 Å². The smallest absolute Gasteiger partial charge is 0.123 e. The van der Waals surface area contributed by atoms with Crippen molar-refractivity contribution in [3.8, 4) is 6.07 Å². The van der Waals surface area contributed by atoms with Crippen molar-refractivity contribution >= 4 is 0 Å². The van der Waals surface area contributed by atoms with E-state index in [1.165, 1.54) is 12.1 Å². The Morgan fingerprint density at radius 1 is 1.35 bits per heavy atom. The molecule has 1 aromatic carbocycles. The van der Waals surface area contributed by atoms with Crippen molar-refractivity contribution in [2.24, 2.45) is 5.92 Å². The highest BCUT2D eigenvalue weighted by molar-refractivity contribution is 5.37. The number of nitrogens with zero attached hydrogens (tertiary/aromatic N) is 2. The van der Waals surface area contributed by atoms with Crippen molar-refractivity contribution in [2.45, 2.75) is 33.4 Å². The molecule has 0 fully saturated rings. The van der Waals surface area contributed by atoms with E-state index in [-0.39, 0.29) is 5.82 Å². The van der Waals surface area contributed by atoms with Gasteiger partial charge in [-0.25, -0.2) is 4.39 Å². The molecule has 0 spiro atoms. The molecule has 2 nitrogen and oxygen atoms in total. The van der Waals surface area contributed by atoms with Gasteiger partial charge in [-0.2, -0.15) is 5.26 Å². The summed E-state index contributed by atoms with van der Waals surface area (Å²) in [6.45, 7) is 7.03. The zero-order chi connectivity index (χ0) is 13.0. The maximum absolute atomic E-state index is 13.2. The van der Waals surface area contributed by atoms with E-state index >= 15 is 0 Å². The normalized spacial score (nSPS) is 12.8. The first-order valence-corrected chi connectivity index (χ1v) is 5.84. The molecule has 0 N–H and O–H groups in total. The third kappa shape index (κ3) is 3.54. The third-order valence-electron chi connectivity index (χ3n) is 3.27. The van der Waals surface area contributed by atoms with Crippen LogP contribution in [-0.2, 0) is 6.54 Å².